The SMILES string of the molecule is CC(C)(CCC[C@](C)(CC#CC(O[Si](C)(C)C)(C(F)(F)F)C(F)(F)F)[C@H]1CCC2C(=O)CCC[C@@]21C)O[Si](C)(C)C. The number of rotatable bonds is 10. The highest BCUT2D eigenvalue weighted by molar-refractivity contribution is 6.70. The predicted molar refractivity (Wildman–Crippen MR) is 155 cm³/mol. The second kappa shape index (κ2) is 11.9. The molecule has 2 fully saturated rings. The minimum Gasteiger partial charge on any atom is -0.413 e. The van der Waals surface area contributed by atoms with Gasteiger partial charge >= 0.3 is 18.0 Å². The van der Waals surface area contributed by atoms with E-state index in [4.69, 9.17) is 8.85 Å². The molecule has 0 heterocycles. The molecule has 1 unspecified atom stereocenters. The van der Waals surface area contributed by atoms with Crippen molar-refractivity contribution in [2.45, 2.75) is 148 Å². The summed E-state index contributed by atoms with van der Waals surface area (Å²) in [5.74, 6) is 4.03. The second-order valence-electron chi connectivity index (χ2n) is 15.4. The lowest BCUT2D eigenvalue weighted by molar-refractivity contribution is -0.336. The van der Waals surface area contributed by atoms with Crippen LogP contribution >= 0.6 is 0 Å². The number of carbonyl (C=O) groups excluding carboxylic acids is 1. The Morgan fingerprint density at radius 2 is 1.41 bits per heavy atom. The Hall–Kier alpha value is -0.836. The minimum absolute atomic E-state index is 0.0522. The van der Waals surface area contributed by atoms with Crippen molar-refractivity contribution in [2.24, 2.45) is 22.7 Å². The van der Waals surface area contributed by atoms with Crippen LogP contribution in [0, 0.1) is 34.5 Å². The molecule has 0 bridgehead atoms. The van der Waals surface area contributed by atoms with Gasteiger partial charge in [-0.2, -0.15) is 26.3 Å². The number of halogens is 6. The maximum absolute atomic E-state index is 14.1. The van der Waals surface area contributed by atoms with Gasteiger partial charge in [0.15, 0.2) is 16.6 Å². The van der Waals surface area contributed by atoms with Crippen LogP contribution in [0.15, 0.2) is 0 Å². The van der Waals surface area contributed by atoms with Crippen molar-refractivity contribution >= 4 is 22.4 Å². The fourth-order valence-corrected chi connectivity index (χ4v) is 10.5. The van der Waals surface area contributed by atoms with Crippen molar-refractivity contribution in [3.05, 3.63) is 0 Å². The van der Waals surface area contributed by atoms with Crippen molar-refractivity contribution in [3.63, 3.8) is 0 Å². The fourth-order valence-electron chi connectivity index (χ4n) is 7.53. The van der Waals surface area contributed by atoms with Crippen LogP contribution in [-0.4, -0.2) is 46.0 Å². The van der Waals surface area contributed by atoms with Crippen LogP contribution in [0.25, 0.3) is 0 Å². The third kappa shape index (κ3) is 8.63. The maximum Gasteiger partial charge on any atom is 0.437 e. The summed E-state index contributed by atoms with van der Waals surface area (Å²) in [5, 5.41) is 0. The van der Waals surface area contributed by atoms with E-state index in [9.17, 15) is 31.1 Å². The fraction of sp³-hybridized carbons (Fsp3) is 0.900. The molecule has 238 valence electrons. The molecule has 0 aromatic carbocycles. The lowest BCUT2D eigenvalue weighted by Crippen LogP contribution is -2.61. The van der Waals surface area contributed by atoms with E-state index in [-0.39, 0.29) is 29.5 Å². The Balaban J connectivity index is 2.51. The van der Waals surface area contributed by atoms with E-state index in [0.29, 0.717) is 38.5 Å². The molecule has 3 nitrogen and oxygen atoms in total. The molecule has 2 rings (SSSR count). The monoisotopic (exact) mass is 628 g/mol. The van der Waals surface area contributed by atoms with Gasteiger partial charge in [0.05, 0.1) is 5.60 Å². The van der Waals surface area contributed by atoms with Crippen LogP contribution in [0.4, 0.5) is 26.3 Å². The number of fused-ring (bicyclic) bond motifs is 1. The summed E-state index contributed by atoms with van der Waals surface area (Å²) < 4.78 is 96.0. The molecule has 2 aliphatic rings. The second-order valence-corrected chi connectivity index (χ2v) is 24.2. The molecule has 0 radical (unpaired) electrons. The van der Waals surface area contributed by atoms with Crippen LogP contribution in [0.1, 0.15) is 85.5 Å². The van der Waals surface area contributed by atoms with Gasteiger partial charge in [-0.15, -0.1) is 0 Å². The van der Waals surface area contributed by atoms with E-state index in [1.807, 2.05) is 20.8 Å². The summed E-state index contributed by atoms with van der Waals surface area (Å²) in [6.07, 6.45) is -6.24. The number of carbonyl (C=O) groups is 1. The highest BCUT2D eigenvalue weighted by atomic mass is 28.4. The molecule has 4 atom stereocenters. The zero-order valence-electron chi connectivity index (χ0n) is 26.5. The molecule has 0 aromatic heterocycles. The molecule has 0 aromatic rings. The first kappa shape index (κ1) is 36.4. The Labute approximate surface area is 245 Å². The van der Waals surface area contributed by atoms with E-state index >= 15 is 0 Å². The summed E-state index contributed by atoms with van der Waals surface area (Å²) in [4.78, 5) is 12.8. The topological polar surface area (TPSA) is 35.5 Å². The Bertz CT molecular complexity index is 985. The molecule has 0 saturated heterocycles. The third-order valence-corrected chi connectivity index (χ3v) is 10.9. The summed E-state index contributed by atoms with van der Waals surface area (Å²) in [6.45, 7) is 18.2. The van der Waals surface area contributed by atoms with Crippen LogP contribution < -0.4 is 0 Å². The van der Waals surface area contributed by atoms with E-state index in [1.165, 1.54) is 19.6 Å². The van der Waals surface area contributed by atoms with Crippen LogP contribution in [-0.2, 0) is 13.6 Å². The zero-order chi connectivity index (χ0) is 31.9. The first-order chi connectivity index (χ1) is 18.2. The highest BCUT2D eigenvalue weighted by Crippen LogP contribution is 2.61. The molecule has 0 spiro atoms. The first-order valence-electron chi connectivity index (χ1n) is 14.7. The van der Waals surface area contributed by atoms with Gasteiger partial charge in [0.25, 0.3) is 0 Å². The van der Waals surface area contributed by atoms with Gasteiger partial charge in [0.2, 0.25) is 0 Å². The van der Waals surface area contributed by atoms with E-state index in [2.05, 4.69) is 32.5 Å². The number of Topliss-reactive ketones (excluding diaryl/α,β-unsaturated/α-hetero) is 1. The van der Waals surface area contributed by atoms with E-state index < -0.39 is 45.6 Å². The van der Waals surface area contributed by atoms with Gasteiger partial charge in [-0.25, -0.2) is 0 Å². The Kier molecular flexibility index (Phi) is 10.6. The van der Waals surface area contributed by atoms with Gasteiger partial charge in [0.1, 0.15) is 5.78 Å². The average Bonchev–Trinajstić information content (AvgIpc) is 3.07. The summed E-state index contributed by atoms with van der Waals surface area (Å²) in [7, 11) is -5.17. The minimum atomic E-state index is -5.76. The van der Waals surface area contributed by atoms with Gasteiger partial charge in [0, 0.05) is 18.8 Å². The van der Waals surface area contributed by atoms with Gasteiger partial charge in [-0.1, -0.05) is 26.2 Å². The van der Waals surface area contributed by atoms with Gasteiger partial charge in [-0.05, 0) is 114 Å². The molecule has 0 N–H and O–H groups in total. The first-order valence-corrected chi connectivity index (χ1v) is 21.6. The number of alkyl halides is 6. The summed E-state index contributed by atoms with van der Waals surface area (Å²) in [6, 6.07) is 0. The Morgan fingerprint density at radius 1 is 0.878 bits per heavy atom. The Morgan fingerprint density at radius 3 is 1.90 bits per heavy atom. The van der Waals surface area contributed by atoms with Crippen molar-refractivity contribution in [1.29, 1.82) is 0 Å². The number of hydrogen-bond acceptors (Lipinski definition) is 3. The summed E-state index contributed by atoms with van der Waals surface area (Å²) >= 11 is 0. The number of ketones is 1. The largest absolute Gasteiger partial charge is 0.437 e. The standard InChI is InChI=1S/C30H50F6O3Si2/c1-25(2,38-40(5,6)7)17-12-18-26(3,24-16-15-22-23(37)14-11-20-27(22,24)4)19-13-21-28(29(31,32)33,30(34,35)36)39-41(8,9)10/h22,24H,11-12,14-20H2,1-10H3/t22?,24-,26-,27+/m1/s1. The normalized spacial score (nSPS) is 26.3. The highest BCUT2D eigenvalue weighted by Gasteiger charge is 2.73. The van der Waals surface area contributed by atoms with Crippen molar-refractivity contribution in [1.82, 2.24) is 0 Å². The molecular formula is C30H50F6O3Si2. The van der Waals surface area contributed by atoms with E-state index in [0.717, 1.165) is 12.8 Å². The van der Waals surface area contributed by atoms with E-state index in [1.54, 1.807) is 5.92 Å². The van der Waals surface area contributed by atoms with Crippen LogP contribution in [0.2, 0.25) is 39.3 Å². The quantitative estimate of drug-likeness (QED) is 0.137. The molecule has 2 aliphatic carbocycles. The molecule has 2 saturated carbocycles. The lowest BCUT2D eigenvalue weighted by atomic mass is 9.56. The summed E-state index contributed by atoms with van der Waals surface area (Å²) in [5.41, 5.74) is -5.99. The third-order valence-electron chi connectivity index (χ3n) is 8.83. The van der Waals surface area contributed by atoms with Crippen molar-refractivity contribution in [2.75, 3.05) is 0 Å². The molecule has 0 aliphatic heterocycles. The average molecular weight is 629 g/mol. The number of hydrogen-bond donors (Lipinski definition) is 0. The molecular weight excluding hydrogens is 578 g/mol. The zero-order valence-corrected chi connectivity index (χ0v) is 28.5. The molecule has 41 heavy (non-hydrogen) atoms. The predicted octanol–water partition coefficient (Wildman–Crippen LogP) is 9.69. The van der Waals surface area contributed by atoms with Crippen molar-refractivity contribution in [3.8, 4) is 11.8 Å². The lowest BCUT2D eigenvalue weighted by Gasteiger charge is -2.48. The molecule has 0 amide bonds. The van der Waals surface area contributed by atoms with Crippen molar-refractivity contribution < 1.29 is 40.0 Å². The van der Waals surface area contributed by atoms with Crippen LogP contribution in [0.5, 0.6) is 0 Å². The maximum atomic E-state index is 14.1. The van der Waals surface area contributed by atoms with Gasteiger partial charge < -0.3 is 8.85 Å². The van der Waals surface area contributed by atoms with Crippen LogP contribution in [0.3, 0.4) is 0 Å². The molecule has 11 heteroatoms. The smallest absolute Gasteiger partial charge is 0.413 e. The van der Waals surface area contributed by atoms with Gasteiger partial charge in [-0.3, -0.25) is 4.79 Å².